The Balaban J connectivity index is 1.94. The van der Waals surface area contributed by atoms with E-state index in [9.17, 15) is 0 Å². The van der Waals surface area contributed by atoms with E-state index < -0.39 is 0 Å². The summed E-state index contributed by atoms with van der Waals surface area (Å²) in [6, 6.07) is 7.25. The third-order valence-electron chi connectivity index (χ3n) is 2.08. The van der Waals surface area contributed by atoms with Gasteiger partial charge in [0.1, 0.15) is 12.4 Å². The van der Waals surface area contributed by atoms with Crippen molar-refractivity contribution < 1.29 is 9.84 Å². The molecule has 0 amide bonds. The van der Waals surface area contributed by atoms with E-state index >= 15 is 0 Å². The minimum atomic E-state index is -0.142. The number of rotatable bonds is 3. The molecular weight excluding hydrogens is 232 g/mol. The van der Waals surface area contributed by atoms with E-state index in [1.807, 2.05) is 12.1 Å². The third kappa shape index (κ3) is 3.30. The second-order valence-corrected chi connectivity index (χ2v) is 3.47. The van der Waals surface area contributed by atoms with Crippen LogP contribution in [0, 0.1) is 11.8 Å². The van der Waals surface area contributed by atoms with Crippen LogP contribution in [0.25, 0.3) is 0 Å². The molecule has 1 heterocycles. The van der Waals surface area contributed by atoms with Gasteiger partial charge in [-0.3, -0.25) is 0 Å². The lowest BCUT2D eigenvalue weighted by molar-refractivity contribution is 0.295. The first-order chi connectivity index (χ1) is 8.78. The molecule has 18 heavy (non-hydrogen) atoms. The number of hydrogen-bond donors (Lipinski definition) is 1. The molecule has 1 aromatic carbocycles. The van der Waals surface area contributed by atoms with Crippen LogP contribution >= 0.6 is 0 Å². The zero-order valence-corrected chi connectivity index (χ0v) is 9.87. The molecule has 1 aromatic heterocycles. The van der Waals surface area contributed by atoms with Crippen LogP contribution < -0.4 is 4.74 Å². The van der Waals surface area contributed by atoms with Crippen LogP contribution in [0.1, 0.15) is 11.4 Å². The normalized spacial score (nSPS) is 9.67. The van der Waals surface area contributed by atoms with Crippen LogP contribution in [-0.4, -0.2) is 31.9 Å². The van der Waals surface area contributed by atoms with Gasteiger partial charge in [-0.1, -0.05) is 11.8 Å². The Labute approximate surface area is 104 Å². The van der Waals surface area contributed by atoms with Gasteiger partial charge in [0, 0.05) is 5.56 Å². The first kappa shape index (κ1) is 12.1. The summed E-state index contributed by atoms with van der Waals surface area (Å²) in [4.78, 5) is 1.38. The predicted molar refractivity (Wildman–Crippen MR) is 63.5 cm³/mol. The Hall–Kier alpha value is -2.39. The lowest BCUT2D eigenvalue weighted by atomic mass is 10.2. The molecule has 0 unspecified atom stereocenters. The maximum atomic E-state index is 8.57. The van der Waals surface area contributed by atoms with E-state index in [4.69, 9.17) is 9.84 Å². The maximum Gasteiger partial charge on any atom is 0.212 e. The first-order valence-corrected chi connectivity index (χ1v) is 5.33. The van der Waals surface area contributed by atoms with Crippen molar-refractivity contribution in [3.8, 4) is 17.6 Å². The average molecular weight is 244 g/mol. The lowest BCUT2D eigenvalue weighted by Gasteiger charge is -2.02. The number of nitrogens with zero attached hydrogens (tertiary/aromatic N) is 4. The molecule has 0 atom stereocenters. The number of aryl methyl sites for hydroxylation is 1. The molecule has 0 radical (unpaired) electrons. The monoisotopic (exact) mass is 244 g/mol. The summed E-state index contributed by atoms with van der Waals surface area (Å²) in [5.41, 5.74) is 0.828. The van der Waals surface area contributed by atoms with Gasteiger partial charge in [-0.25, -0.2) is 0 Å². The highest BCUT2D eigenvalue weighted by Gasteiger charge is 2.01. The number of aromatic nitrogens is 4. The van der Waals surface area contributed by atoms with Gasteiger partial charge in [0.25, 0.3) is 0 Å². The standard InChI is InChI=1S/C12H12N4O2/c1-16-14-12(13-15-16)9-18-11-6-4-10(5-7-11)3-2-8-17/h4-7,17H,8-9H2,1H3. The van der Waals surface area contributed by atoms with Crippen LogP contribution in [0.2, 0.25) is 0 Å². The molecule has 0 spiro atoms. The maximum absolute atomic E-state index is 8.57. The van der Waals surface area contributed by atoms with Crippen molar-refractivity contribution >= 4 is 0 Å². The van der Waals surface area contributed by atoms with Crippen LogP contribution in [0.4, 0.5) is 0 Å². The summed E-state index contributed by atoms with van der Waals surface area (Å²) in [6.45, 7) is 0.131. The minimum absolute atomic E-state index is 0.142. The van der Waals surface area contributed by atoms with Crippen LogP contribution in [0.5, 0.6) is 5.75 Å². The van der Waals surface area contributed by atoms with E-state index in [-0.39, 0.29) is 13.2 Å². The fourth-order valence-corrected chi connectivity index (χ4v) is 1.31. The van der Waals surface area contributed by atoms with Crippen molar-refractivity contribution in [1.82, 2.24) is 20.2 Å². The summed E-state index contributed by atoms with van der Waals surface area (Å²) in [7, 11) is 1.70. The first-order valence-electron chi connectivity index (χ1n) is 5.33. The highest BCUT2D eigenvalue weighted by molar-refractivity contribution is 5.38. The quantitative estimate of drug-likeness (QED) is 0.777. The van der Waals surface area contributed by atoms with E-state index in [1.165, 1.54) is 4.80 Å². The number of ether oxygens (including phenoxy) is 1. The van der Waals surface area contributed by atoms with Gasteiger partial charge in [0.15, 0.2) is 6.61 Å². The van der Waals surface area contributed by atoms with Gasteiger partial charge in [-0.15, -0.1) is 10.2 Å². The number of aliphatic hydroxyl groups excluding tert-OH is 1. The van der Waals surface area contributed by atoms with Gasteiger partial charge in [-0.05, 0) is 29.5 Å². The SMILES string of the molecule is Cn1nnc(COc2ccc(C#CCO)cc2)n1. The van der Waals surface area contributed by atoms with Crippen molar-refractivity contribution in [3.05, 3.63) is 35.7 Å². The molecule has 2 aromatic rings. The van der Waals surface area contributed by atoms with Crippen molar-refractivity contribution in [2.45, 2.75) is 6.61 Å². The predicted octanol–water partition coefficient (Wildman–Crippen LogP) is 0.133. The fraction of sp³-hybridized carbons (Fsp3) is 0.250. The molecule has 0 fully saturated rings. The number of benzene rings is 1. The summed E-state index contributed by atoms with van der Waals surface area (Å²) in [5.74, 6) is 6.62. The lowest BCUT2D eigenvalue weighted by Crippen LogP contribution is -1.99. The molecule has 0 saturated carbocycles. The number of aliphatic hydroxyl groups is 1. The van der Waals surface area contributed by atoms with Gasteiger partial charge < -0.3 is 9.84 Å². The van der Waals surface area contributed by atoms with Gasteiger partial charge in [-0.2, -0.15) is 4.80 Å². The Kier molecular flexibility index (Phi) is 3.89. The van der Waals surface area contributed by atoms with Crippen LogP contribution in [0.15, 0.2) is 24.3 Å². The molecule has 0 aliphatic rings. The topological polar surface area (TPSA) is 73.1 Å². The van der Waals surface area contributed by atoms with Gasteiger partial charge >= 0.3 is 0 Å². The number of hydrogen-bond acceptors (Lipinski definition) is 5. The zero-order valence-electron chi connectivity index (χ0n) is 9.87. The van der Waals surface area contributed by atoms with E-state index in [0.717, 1.165) is 5.56 Å². The summed E-state index contributed by atoms with van der Waals surface area (Å²) >= 11 is 0. The van der Waals surface area contributed by atoms with Crippen molar-refractivity contribution in [1.29, 1.82) is 0 Å². The molecule has 0 aliphatic heterocycles. The molecule has 92 valence electrons. The largest absolute Gasteiger partial charge is 0.485 e. The zero-order chi connectivity index (χ0) is 12.8. The van der Waals surface area contributed by atoms with Crippen molar-refractivity contribution in [2.75, 3.05) is 6.61 Å². The molecule has 6 nitrogen and oxygen atoms in total. The minimum Gasteiger partial charge on any atom is -0.485 e. The van der Waals surface area contributed by atoms with Gasteiger partial charge in [0.2, 0.25) is 5.82 Å². The van der Waals surface area contributed by atoms with E-state index in [2.05, 4.69) is 27.3 Å². The van der Waals surface area contributed by atoms with Gasteiger partial charge in [0.05, 0.1) is 7.05 Å². The Morgan fingerprint density at radius 3 is 2.72 bits per heavy atom. The molecule has 2 rings (SSSR count). The second kappa shape index (κ2) is 5.80. The number of tetrazole rings is 1. The molecular formula is C12H12N4O2. The second-order valence-electron chi connectivity index (χ2n) is 3.47. The van der Waals surface area contributed by atoms with Crippen molar-refractivity contribution in [2.24, 2.45) is 7.05 Å². The van der Waals surface area contributed by atoms with E-state index in [1.54, 1.807) is 19.2 Å². The Morgan fingerprint density at radius 1 is 1.33 bits per heavy atom. The Bertz CT molecular complexity index is 566. The Morgan fingerprint density at radius 2 is 2.11 bits per heavy atom. The molecule has 0 bridgehead atoms. The average Bonchev–Trinajstić information content (AvgIpc) is 2.81. The summed E-state index contributed by atoms with van der Waals surface area (Å²) in [5, 5.41) is 20.1. The molecule has 0 saturated heterocycles. The summed E-state index contributed by atoms with van der Waals surface area (Å²) in [6.07, 6.45) is 0. The highest BCUT2D eigenvalue weighted by atomic mass is 16.5. The van der Waals surface area contributed by atoms with Crippen LogP contribution in [-0.2, 0) is 13.7 Å². The molecule has 0 aliphatic carbocycles. The smallest absolute Gasteiger partial charge is 0.212 e. The third-order valence-corrected chi connectivity index (χ3v) is 2.08. The van der Waals surface area contributed by atoms with Crippen LogP contribution in [0.3, 0.4) is 0 Å². The van der Waals surface area contributed by atoms with Crippen molar-refractivity contribution in [3.63, 3.8) is 0 Å². The molecule has 6 heteroatoms. The van der Waals surface area contributed by atoms with E-state index in [0.29, 0.717) is 11.6 Å². The molecule has 1 N–H and O–H groups in total. The summed E-state index contributed by atoms with van der Waals surface area (Å²) < 4.78 is 5.49. The fourth-order valence-electron chi connectivity index (χ4n) is 1.31. The highest BCUT2D eigenvalue weighted by Crippen LogP contribution is 2.12.